The van der Waals surface area contributed by atoms with Gasteiger partial charge in [-0.05, 0) is 61.5 Å². The van der Waals surface area contributed by atoms with Crippen LogP contribution >= 0.6 is 12.2 Å². The number of nitrogens with one attached hydrogen (secondary N) is 2. The van der Waals surface area contributed by atoms with Crippen LogP contribution in [0, 0.1) is 0 Å². The van der Waals surface area contributed by atoms with Gasteiger partial charge in [-0.25, -0.2) is 4.39 Å². The van der Waals surface area contributed by atoms with E-state index in [1.54, 1.807) is 24.5 Å². The number of fused-ring (bicyclic) bond motifs is 1. The first-order valence-electron chi connectivity index (χ1n) is 9.03. The second-order valence-electron chi connectivity index (χ2n) is 6.66. The van der Waals surface area contributed by atoms with Crippen LogP contribution in [0.3, 0.4) is 0 Å². The molecular weight excluding hydrogens is 379 g/mol. The minimum atomic E-state index is -0.775. The number of furan rings is 1. The normalized spacial score (nSPS) is 16.8. The highest BCUT2D eigenvalue weighted by molar-refractivity contribution is 7.80. The van der Waals surface area contributed by atoms with Crippen molar-refractivity contribution < 1.29 is 13.6 Å². The van der Waals surface area contributed by atoms with Gasteiger partial charge in [0.15, 0.2) is 10.9 Å². The zero-order chi connectivity index (χ0) is 19.5. The minimum absolute atomic E-state index is 0.161. The predicted molar refractivity (Wildman–Crippen MR) is 110 cm³/mol. The van der Waals surface area contributed by atoms with Gasteiger partial charge in [-0.15, -0.1) is 0 Å². The summed E-state index contributed by atoms with van der Waals surface area (Å²) in [5.74, 6) is -0.277. The maximum Gasteiger partial charge on any atom is 0.293 e. The second-order valence-corrected chi connectivity index (χ2v) is 7.07. The summed E-state index contributed by atoms with van der Waals surface area (Å²) in [5, 5.41) is 6.48. The number of thiocarbonyl (C=S) groups is 1. The number of nitrogens with zero attached hydrogens (tertiary/aromatic N) is 2. The van der Waals surface area contributed by atoms with Gasteiger partial charge in [-0.3, -0.25) is 15.1 Å². The van der Waals surface area contributed by atoms with Crippen molar-refractivity contribution in [3.05, 3.63) is 54.6 Å². The lowest BCUT2D eigenvalue weighted by Crippen LogP contribution is -2.36. The first-order chi connectivity index (χ1) is 13.6. The van der Waals surface area contributed by atoms with E-state index in [-0.39, 0.29) is 10.9 Å². The number of hydrogen-bond acceptors (Lipinski definition) is 5. The monoisotopic (exact) mass is 398 g/mol. The van der Waals surface area contributed by atoms with Gasteiger partial charge in [0.25, 0.3) is 5.91 Å². The Bertz CT molecular complexity index is 972. The summed E-state index contributed by atoms with van der Waals surface area (Å²) in [6, 6.07) is 10.8. The van der Waals surface area contributed by atoms with Crippen LogP contribution in [0.1, 0.15) is 23.4 Å². The molecule has 3 aromatic rings. The molecule has 2 aromatic heterocycles. The van der Waals surface area contributed by atoms with Crippen LogP contribution in [0.25, 0.3) is 11.0 Å². The predicted octanol–water partition coefficient (Wildman–Crippen LogP) is 3.89. The Morgan fingerprint density at radius 3 is 2.86 bits per heavy atom. The Morgan fingerprint density at radius 2 is 2.11 bits per heavy atom. The first kappa shape index (κ1) is 18.4. The van der Waals surface area contributed by atoms with Crippen molar-refractivity contribution in [1.82, 2.24) is 10.3 Å². The number of halogens is 1. The molecule has 8 heteroatoms. The van der Waals surface area contributed by atoms with Gasteiger partial charge in [0.2, 0.25) is 0 Å². The number of hydrogen-bond donors (Lipinski definition) is 2. The van der Waals surface area contributed by atoms with Crippen molar-refractivity contribution in [3.8, 4) is 0 Å². The maximum atomic E-state index is 13.6. The molecule has 0 spiro atoms. The van der Waals surface area contributed by atoms with Crippen molar-refractivity contribution in [3.63, 3.8) is 0 Å². The number of carbonyl (C=O) groups excluding carboxylic acids is 1. The lowest BCUT2D eigenvalue weighted by Gasteiger charge is -2.31. The topological polar surface area (TPSA) is 70.4 Å². The number of aromatic nitrogens is 1. The smallest absolute Gasteiger partial charge is 0.293 e. The molecule has 2 N–H and O–H groups in total. The largest absolute Gasteiger partial charge is 0.451 e. The zero-order valence-corrected chi connectivity index (χ0v) is 15.8. The Hall–Kier alpha value is -3.00. The summed E-state index contributed by atoms with van der Waals surface area (Å²) in [6.45, 7) is 1.28. The van der Waals surface area contributed by atoms with E-state index in [9.17, 15) is 9.18 Å². The number of pyridine rings is 1. The molecule has 1 aromatic carbocycles. The van der Waals surface area contributed by atoms with Gasteiger partial charge in [0, 0.05) is 42.2 Å². The van der Waals surface area contributed by atoms with Gasteiger partial charge in [0.1, 0.15) is 11.8 Å². The molecule has 1 aliphatic heterocycles. The fraction of sp³-hybridized carbons (Fsp3) is 0.250. The Labute approximate surface area is 166 Å². The van der Waals surface area contributed by atoms with Gasteiger partial charge < -0.3 is 14.6 Å². The van der Waals surface area contributed by atoms with E-state index < -0.39 is 12.1 Å². The zero-order valence-electron chi connectivity index (χ0n) is 15.0. The Morgan fingerprint density at radius 1 is 1.29 bits per heavy atom. The third-order valence-corrected chi connectivity index (χ3v) is 4.83. The molecule has 6 nitrogen and oxygen atoms in total. The molecule has 1 unspecified atom stereocenters. The molecule has 3 heterocycles. The first-order valence-corrected chi connectivity index (χ1v) is 9.44. The van der Waals surface area contributed by atoms with E-state index in [2.05, 4.69) is 15.6 Å². The summed E-state index contributed by atoms with van der Waals surface area (Å²) in [7, 11) is 0. The van der Waals surface area contributed by atoms with E-state index >= 15 is 0 Å². The fourth-order valence-corrected chi connectivity index (χ4v) is 3.45. The van der Waals surface area contributed by atoms with Crippen LogP contribution < -0.4 is 15.5 Å². The number of rotatable bonds is 3. The van der Waals surface area contributed by atoms with Crippen molar-refractivity contribution in [1.29, 1.82) is 0 Å². The van der Waals surface area contributed by atoms with E-state index in [1.165, 1.54) is 0 Å². The fourth-order valence-electron chi connectivity index (χ4n) is 3.24. The molecule has 1 saturated heterocycles. The molecule has 1 atom stereocenters. The van der Waals surface area contributed by atoms with Crippen LogP contribution in [0.4, 0.5) is 15.8 Å². The van der Waals surface area contributed by atoms with E-state index in [0.717, 1.165) is 29.7 Å². The van der Waals surface area contributed by atoms with E-state index in [1.807, 2.05) is 29.2 Å². The number of amides is 1. The van der Waals surface area contributed by atoms with Crippen LogP contribution in [-0.4, -0.2) is 35.3 Å². The van der Waals surface area contributed by atoms with Gasteiger partial charge in [-0.2, -0.15) is 0 Å². The standard InChI is InChI=1S/C20H19FN4O2S/c21-14-2-1-9-25(12-14)16-5-3-15(4-6-16)23-20(28)24-19(26)18-10-13-11-22-8-7-17(13)27-18/h3-8,10-11,14H,1-2,9,12H2,(H2,23,24,26,28). The highest BCUT2D eigenvalue weighted by Crippen LogP contribution is 2.23. The Kier molecular flexibility index (Phi) is 5.21. The summed E-state index contributed by atoms with van der Waals surface area (Å²) < 4.78 is 19.1. The molecule has 0 bridgehead atoms. The van der Waals surface area contributed by atoms with E-state index in [4.69, 9.17) is 16.6 Å². The lowest BCUT2D eigenvalue weighted by molar-refractivity contribution is 0.0953. The highest BCUT2D eigenvalue weighted by atomic mass is 32.1. The van der Waals surface area contributed by atoms with Crippen LogP contribution in [0.15, 0.2) is 53.2 Å². The van der Waals surface area contributed by atoms with Crippen molar-refractivity contribution >= 4 is 45.6 Å². The third kappa shape index (κ3) is 4.12. The summed E-state index contributed by atoms with van der Waals surface area (Å²) in [6.07, 6.45) is 3.94. The van der Waals surface area contributed by atoms with Gasteiger partial charge in [-0.1, -0.05) is 0 Å². The molecule has 0 radical (unpaired) electrons. The summed E-state index contributed by atoms with van der Waals surface area (Å²) in [5.41, 5.74) is 2.29. The third-order valence-electron chi connectivity index (χ3n) is 4.62. The van der Waals surface area contributed by atoms with Crippen LogP contribution in [0.5, 0.6) is 0 Å². The number of benzene rings is 1. The molecule has 0 aliphatic carbocycles. The number of anilines is 2. The molecule has 28 heavy (non-hydrogen) atoms. The molecule has 1 aliphatic rings. The quantitative estimate of drug-likeness (QED) is 0.653. The SMILES string of the molecule is O=C(NC(=S)Nc1ccc(N2CCCC(F)C2)cc1)c1cc2cnccc2o1. The molecule has 0 saturated carbocycles. The molecule has 4 rings (SSSR count). The lowest BCUT2D eigenvalue weighted by atomic mass is 10.1. The number of piperidine rings is 1. The summed E-state index contributed by atoms with van der Waals surface area (Å²) >= 11 is 5.21. The van der Waals surface area contributed by atoms with Crippen LogP contribution in [-0.2, 0) is 0 Å². The number of alkyl halides is 1. The average Bonchev–Trinajstić information content (AvgIpc) is 3.13. The molecule has 1 fully saturated rings. The Balaban J connectivity index is 1.36. The van der Waals surface area contributed by atoms with Crippen molar-refractivity contribution in [2.75, 3.05) is 23.3 Å². The van der Waals surface area contributed by atoms with Crippen LogP contribution in [0.2, 0.25) is 0 Å². The average molecular weight is 398 g/mol. The molecule has 144 valence electrons. The van der Waals surface area contributed by atoms with E-state index in [0.29, 0.717) is 18.5 Å². The van der Waals surface area contributed by atoms with Gasteiger partial charge in [0.05, 0.1) is 0 Å². The van der Waals surface area contributed by atoms with Gasteiger partial charge >= 0.3 is 0 Å². The number of carbonyl (C=O) groups is 1. The maximum absolute atomic E-state index is 13.6. The minimum Gasteiger partial charge on any atom is -0.451 e. The molecular formula is C20H19FN4O2S. The molecule has 1 amide bonds. The van der Waals surface area contributed by atoms with Crippen molar-refractivity contribution in [2.24, 2.45) is 0 Å². The van der Waals surface area contributed by atoms with Crippen molar-refractivity contribution in [2.45, 2.75) is 19.0 Å². The second kappa shape index (κ2) is 7.93. The highest BCUT2D eigenvalue weighted by Gasteiger charge is 2.19. The summed E-state index contributed by atoms with van der Waals surface area (Å²) in [4.78, 5) is 18.3.